The van der Waals surface area contributed by atoms with Crippen molar-refractivity contribution < 1.29 is 14.4 Å². The van der Waals surface area contributed by atoms with E-state index in [9.17, 15) is 14.4 Å². The summed E-state index contributed by atoms with van der Waals surface area (Å²) in [6, 6.07) is 18.5. The number of carbonyl (C=O) groups is 3. The Bertz CT molecular complexity index is 1260. The third-order valence-corrected chi connectivity index (χ3v) is 7.41. The second-order valence-corrected chi connectivity index (χ2v) is 10.1. The van der Waals surface area contributed by atoms with Gasteiger partial charge < -0.3 is 15.5 Å². The molecule has 1 aromatic heterocycles. The molecule has 0 unspecified atom stereocenters. The monoisotopic (exact) mass is 484 g/mol. The zero-order valence-electron chi connectivity index (χ0n) is 20.4. The topological polar surface area (TPSA) is 91.4 Å². The largest absolute Gasteiger partial charge is 0.352 e. The van der Waals surface area contributed by atoms with E-state index in [1.807, 2.05) is 29.2 Å². The van der Waals surface area contributed by atoms with Crippen molar-refractivity contribution in [2.24, 2.45) is 0 Å². The normalized spacial score (nSPS) is 21.4. The van der Waals surface area contributed by atoms with Gasteiger partial charge in [0.05, 0.1) is 0 Å². The average Bonchev–Trinajstić information content (AvgIpc) is 3.47. The molecule has 2 aliphatic heterocycles. The minimum Gasteiger partial charge on any atom is -0.352 e. The van der Waals surface area contributed by atoms with Gasteiger partial charge in [0.1, 0.15) is 0 Å². The highest BCUT2D eigenvalue weighted by atomic mass is 16.2. The van der Waals surface area contributed by atoms with Gasteiger partial charge in [-0.05, 0) is 59.7 Å². The Kier molecular flexibility index (Phi) is 6.98. The van der Waals surface area contributed by atoms with Gasteiger partial charge in [0.2, 0.25) is 17.7 Å². The molecular formula is C29H32N4O3. The van der Waals surface area contributed by atoms with Crippen LogP contribution in [-0.4, -0.2) is 45.7 Å². The van der Waals surface area contributed by atoms with Crippen molar-refractivity contribution in [3.63, 3.8) is 0 Å². The van der Waals surface area contributed by atoms with Gasteiger partial charge >= 0.3 is 0 Å². The summed E-state index contributed by atoms with van der Waals surface area (Å²) in [5.41, 5.74) is 1.73. The van der Waals surface area contributed by atoms with Crippen molar-refractivity contribution in [3.05, 3.63) is 78.1 Å². The number of nitrogens with zero attached hydrogens (tertiary/aromatic N) is 2. The van der Waals surface area contributed by atoms with Crippen LogP contribution in [0.2, 0.25) is 0 Å². The number of rotatable bonds is 9. The number of hydrogen-bond donors (Lipinski definition) is 2. The molecule has 2 aliphatic rings. The Morgan fingerprint density at radius 2 is 1.78 bits per heavy atom. The van der Waals surface area contributed by atoms with Crippen molar-refractivity contribution in [1.29, 1.82) is 0 Å². The lowest BCUT2D eigenvalue weighted by Crippen LogP contribution is -2.46. The highest BCUT2D eigenvalue weighted by molar-refractivity contribution is 5.83. The summed E-state index contributed by atoms with van der Waals surface area (Å²) >= 11 is 0. The molecular weight excluding hydrogens is 452 g/mol. The summed E-state index contributed by atoms with van der Waals surface area (Å²) in [6.07, 6.45) is 7.49. The molecule has 2 saturated heterocycles. The SMILES string of the molecule is O=C1CC[C@@H](CN(Cc2ccncc2)C(=O)CC[C@]2(Cc3ccc4ccccc4c3)CCC(=O)N2)N1. The first kappa shape index (κ1) is 24.0. The van der Waals surface area contributed by atoms with E-state index in [2.05, 4.69) is 45.9 Å². The van der Waals surface area contributed by atoms with Crippen LogP contribution in [0.1, 0.15) is 49.7 Å². The van der Waals surface area contributed by atoms with E-state index in [4.69, 9.17) is 0 Å². The first-order chi connectivity index (χ1) is 17.5. The van der Waals surface area contributed by atoms with E-state index < -0.39 is 5.54 Å². The van der Waals surface area contributed by atoms with Gasteiger partial charge in [0.15, 0.2) is 0 Å². The molecule has 7 heteroatoms. The third kappa shape index (κ3) is 5.73. The average molecular weight is 485 g/mol. The van der Waals surface area contributed by atoms with Crippen molar-refractivity contribution in [3.8, 4) is 0 Å². The van der Waals surface area contributed by atoms with E-state index in [0.29, 0.717) is 45.2 Å². The molecule has 36 heavy (non-hydrogen) atoms. The molecule has 0 bridgehead atoms. The van der Waals surface area contributed by atoms with Gasteiger partial charge in [-0.1, -0.05) is 42.5 Å². The van der Waals surface area contributed by atoms with Crippen molar-refractivity contribution in [2.45, 2.75) is 63.1 Å². The minimum atomic E-state index is -0.431. The summed E-state index contributed by atoms with van der Waals surface area (Å²) in [6.45, 7) is 0.953. The molecule has 0 aliphatic carbocycles. The van der Waals surface area contributed by atoms with Crippen LogP contribution in [0.15, 0.2) is 67.0 Å². The molecule has 3 aromatic rings. The number of nitrogens with one attached hydrogen (secondary N) is 2. The first-order valence-electron chi connectivity index (χ1n) is 12.7. The predicted octanol–water partition coefficient (Wildman–Crippen LogP) is 3.51. The molecule has 2 atom stereocenters. The molecule has 2 aromatic carbocycles. The maximum atomic E-state index is 13.5. The van der Waals surface area contributed by atoms with Gasteiger partial charge in [0.25, 0.3) is 0 Å². The van der Waals surface area contributed by atoms with E-state index in [0.717, 1.165) is 24.0 Å². The number of benzene rings is 2. The molecule has 7 nitrogen and oxygen atoms in total. The van der Waals surface area contributed by atoms with Gasteiger partial charge in [-0.25, -0.2) is 0 Å². The van der Waals surface area contributed by atoms with Crippen LogP contribution in [-0.2, 0) is 27.3 Å². The summed E-state index contributed by atoms with van der Waals surface area (Å²) in [4.78, 5) is 43.4. The number of amides is 3. The molecule has 0 radical (unpaired) electrons. The lowest BCUT2D eigenvalue weighted by molar-refractivity contribution is -0.133. The van der Waals surface area contributed by atoms with Crippen LogP contribution < -0.4 is 10.6 Å². The summed E-state index contributed by atoms with van der Waals surface area (Å²) in [5.74, 6) is 0.122. The Morgan fingerprint density at radius 3 is 2.50 bits per heavy atom. The lowest BCUT2D eigenvalue weighted by Gasteiger charge is -2.31. The Hall–Kier alpha value is -3.74. The molecule has 3 heterocycles. The molecule has 186 valence electrons. The zero-order valence-corrected chi connectivity index (χ0v) is 20.4. The van der Waals surface area contributed by atoms with Crippen LogP contribution in [0.4, 0.5) is 0 Å². The van der Waals surface area contributed by atoms with Gasteiger partial charge in [0, 0.05) is 56.3 Å². The highest BCUT2D eigenvalue weighted by Crippen LogP contribution is 2.31. The van der Waals surface area contributed by atoms with Crippen LogP contribution in [0, 0.1) is 0 Å². The van der Waals surface area contributed by atoms with Gasteiger partial charge in [-0.15, -0.1) is 0 Å². The van der Waals surface area contributed by atoms with Crippen molar-refractivity contribution in [1.82, 2.24) is 20.5 Å². The molecule has 0 spiro atoms. The third-order valence-electron chi connectivity index (χ3n) is 7.41. The highest BCUT2D eigenvalue weighted by Gasteiger charge is 2.38. The summed E-state index contributed by atoms with van der Waals surface area (Å²) in [5, 5.41) is 8.55. The molecule has 3 amide bonds. The fourth-order valence-corrected chi connectivity index (χ4v) is 5.47. The number of carbonyl (C=O) groups excluding carboxylic acids is 3. The molecule has 5 rings (SSSR count). The predicted molar refractivity (Wildman–Crippen MR) is 138 cm³/mol. The zero-order chi connectivity index (χ0) is 25.0. The van der Waals surface area contributed by atoms with Gasteiger partial charge in [-0.3, -0.25) is 19.4 Å². The van der Waals surface area contributed by atoms with Crippen LogP contribution in [0.25, 0.3) is 10.8 Å². The Labute approximate surface area is 211 Å². The number of pyridine rings is 1. The molecule has 0 saturated carbocycles. The van der Waals surface area contributed by atoms with Crippen LogP contribution in [0.5, 0.6) is 0 Å². The molecule has 2 fully saturated rings. The number of aromatic nitrogens is 1. The van der Waals surface area contributed by atoms with Crippen LogP contribution in [0.3, 0.4) is 0 Å². The number of hydrogen-bond acceptors (Lipinski definition) is 4. The maximum absolute atomic E-state index is 13.5. The maximum Gasteiger partial charge on any atom is 0.223 e. The first-order valence-corrected chi connectivity index (χ1v) is 12.7. The Morgan fingerprint density at radius 1 is 0.972 bits per heavy atom. The number of fused-ring (bicyclic) bond motifs is 1. The second-order valence-electron chi connectivity index (χ2n) is 10.1. The van der Waals surface area contributed by atoms with Gasteiger partial charge in [-0.2, -0.15) is 0 Å². The fourth-order valence-electron chi connectivity index (χ4n) is 5.47. The van der Waals surface area contributed by atoms with Crippen LogP contribution >= 0.6 is 0 Å². The second kappa shape index (κ2) is 10.5. The minimum absolute atomic E-state index is 0.0268. The summed E-state index contributed by atoms with van der Waals surface area (Å²) < 4.78 is 0. The van der Waals surface area contributed by atoms with Crippen molar-refractivity contribution in [2.75, 3.05) is 6.54 Å². The quantitative estimate of drug-likeness (QED) is 0.486. The fraction of sp³-hybridized carbons (Fsp3) is 0.379. The lowest BCUT2D eigenvalue weighted by atomic mass is 9.84. The summed E-state index contributed by atoms with van der Waals surface area (Å²) in [7, 11) is 0. The Balaban J connectivity index is 1.30. The smallest absolute Gasteiger partial charge is 0.223 e. The molecule has 2 N–H and O–H groups in total. The van der Waals surface area contributed by atoms with E-state index >= 15 is 0 Å². The van der Waals surface area contributed by atoms with Crippen molar-refractivity contribution >= 4 is 28.5 Å². The van der Waals surface area contributed by atoms with E-state index in [-0.39, 0.29) is 23.8 Å². The van der Waals surface area contributed by atoms with E-state index in [1.165, 1.54) is 10.8 Å². The van der Waals surface area contributed by atoms with E-state index in [1.54, 1.807) is 12.4 Å². The standard InChI is InChI=1S/C29H32N4O3/c34-26-8-7-25(31-26)20-33(19-21-11-15-30-16-12-21)28(36)10-14-29(13-9-27(35)32-29)18-22-5-6-23-3-1-2-4-24(23)17-22/h1-6,11-12,15-17,25H,7-10,13-14,18-20H2,(H,31,34)(H,32,35)/t25-,29-/m0/s1.